The fraction of sp³-hybridized carbons (Fsp3) is 0.524. The third-order valence-electron chi connectivity index (χ3n) is 11.8. The quantitative estimate of drug-likeness (QED) is 0.109. The number of sulfonamides is 1. The first-order valence-corrected chi connectivity index (χ1v) is 23.3. The highest BCUT2D eigenvalue weighted by molar-refractivity contribution is 7.96. The van der Waals surface area contributed by atoms with E-state index in [0.717, 1.165) is 31.2 Å². The van der Waals surface area contributed by atoms with Crippen LogP contribution in [0, 0.1) is 11.3 Å². The lowest BCUT2D eigenvalue weighted by molar-refractivity contribution is -0.142. The summed E-state index contributed by atoms with van der Waals surface area (Å²) in [6, 6.07) is 14.3. The van der Waals surface area contributed by atoms with Gasteiger partial charge >= 0.3 is 13.6 Å². The maximum Gasteiger partial charge on any atom is 0.408 e. The van der Waals surface area contributed by atoms with Crippen molar-refractivity contribution in [2.45, 2.75) is 114 Å². The van der Waals surface area contributed by atoms with Crippen LogP contribution in [0.2, 0.25) is 0 Å². The van der Waals surface area contributed by atoms with Crippen LogP contribution in [0.4, 0.5) is 4.79 Å². The number of ether oxygens (including phenoxy) is 3. The molecule has 3 saturated carbocycles. The summed E-state index contributed by atoms with van der Waals surface area (Å²) in [5.74, 6) is -1.04. The molecule has 7 rings (SSSR count). The van der Waals surface area contributed by atoms with Crippen LogP contribution in [0.25, 0.3) is 22.2 Å². The number of aromatic nitrogens is 1. The minimum Gasteiger partial charge on any atom is -0.497 e. The number of rotatable bonds is 14. The molecule has 1 aromatic heterocycles. The third kappa shape index (κ3) is 9.01. The monoisotopic (exact) mass is 851 g/mol. The number of benzene rings is 2. The normalized spacial score (nSPS) is 24.8. The standard InChI is InChI=1S/C42H54N5O10PS/c1-25(2)32-23-42(32,58(51,52)46-59(53,54)30-17-18-30)45-38(48)35-21-29(24-47(35)39(49)37(41(3,4)5)44-40(50)57-27-14-10-11-15-27)56-36-22-33(26-12-8-7-9-13-26)43-34-20-28(55-6)16-19-31(34)36/h7-9,12-13,16,19-20,22,27,29-30,32,35,37H,1,10-11,14-15,17-18,21,23-24H2,2-6H3,(H,44,50)(H,45,48)(H2,46,51,52)/t29?,32-,35?,37+,42-/m0/s1. The number of pyridine rings is 1. The number of hydrogen-bond donors (Lipinski definition) is 4. The van der Waals surface area contributed by atoms with E-state index >= 15 is 0 Å². The number of hydrogen-bond acceptors (Lipinski definition) is 10. The van der Waals surface area contributed by atoms with E-state index in [2.05, 4.69) is 17.2 Å². The number of nitrogens with zero attached hydrogens (tertiary/aromatic N) is 2. The molecule has 0 bridgehead atoms. The van der Waals surface area contributed by atoms with Crippen molar-refractivity contribution >= 4 is 46.4 Å². The highest BCUT2D eigenvalue weighted by Gasteiger charge is 2.69. The fourth-order valence-electron chi connectivity index (χ4n) is 8.22. The van der Waals surface area contributed by atoms with E-state index in [1.165, 1.54) is 4.90 Å². The second-order valence-electron chi connectivity index (χ2n) is 17.4. The van der Waals surface area contributed by atoms with Gasteiger partial charge in [0.05, 0.1) is 30.1 Å². The summed E-state index contributed by atoms with van der Waals surface area (Å²) in [4.78, 5) is 60.4. The van der Waals surface area contributed by atoms with Crippen molar-refractivity contribution in [1.82, 2.24) is 25.0 Å². The molecule has 15 nitrogen and oxygen atoms in total. The summed E-state index contributed by atoms with van der Waals surface area (Å²) >= 11 is 0. The molecule has 0 spiro atoms. The van der Waals surface area contributed by atoms with Gasteiger partial charge in [-0.2, -0.15) is 0 Å². The first-order chi connectivity index (χ1) is 27.8. The average Bonchev–Trinajstić information content (AvgIpc) is 4.07. The van der Waals surface area contributed by atoms with Crippen LogP contribution in [-0.2, 0) is 28.9 Å². The number of likely N-dealkylation sites (tertiary alicyclic amines) is 1. The fourth-order valence-corrected chi connectivity index (χ4v) is 12.9. The topological polar surface area (TPSA) is 203 Å². The van der Waals surface area contributed by atoms with Gasteiger partial charge in [-0.05, 0) is 69.4 Å². The van der Waals surface area contributed by atoms with E-state index in [4.69, 9.17) is 19.2 Å². The molecule has 318 valence electrons. The molecular formula is C42H54N5O10PS. The van der Waals surface area contributed by atoms with E-state index in [1.54, 1.807) is 53.0 Å². The van der Waals surface area contributed by atoms with Crippen molar-refractivity contribution in [3.8, 4) is 22.8 Å². The zero-order valence-electron chi connectivity index (χ0n) is 34.1. The summed E-state index contributed by atoms with van der Waals surface area (Å²) < 4.78 is 59.9. The molecule has 1 aliphatic heterocycles. The van der Waals surface area contributed by atoms with Crippen LogP contribution in [-0.4, -0.2) is 89.6 Å². The lowest BCUT2D eigenvalue weighted by Gasteiger charge is -2.36. The molecule has 2 aromatic carbocycles. The molecule has 3 aromatic rings. The first-order valence-electron chi connectivity index (χ1n) is 20.1. The van der Waals surface area contributed by atoms with Gasteiger partial charge in [0.1, 0.15) is 41.1 Å². The number of amides is 3. The second-order valence-corrected chi connectivity index (χ2v) is 21.9. The molecule has 17 heteroatoms. The van der Waals surface area contributed by atoms with Crippen molar-refractivity contribution in [2.75, 3.05) is 13.7 Å². The van der Waals surface area contributed by atoms with Crippen LogP contribution in [0.1, 0.15) is 79.1 Å². The Morgan fingerprint density at radius 2 is 1.73 bits per heavy atom. The van der Waals surface area contributed by atoms with Gasteiger partial charge in [-0.25, -0.2) is 18.2 Å². The zero-order valence-corrected chi connectivity index (χ0v) is 35.8. The lowest BCUT2D eigenvalue weighted by Crippen LogP contribution is -2.59. The van der Waals surface area contributed by atoms with Gasteiger partial charge in [-0.3, -0.25) is 14.2 Å². The Hall–Kier alpha value is -4.50. The molecule has 0 radical (unpaired) electrons. The molecule has 59 heavy (non-hydrogen) atoms. The van der Waals surface area contributed by atoms with Crippen molar-refractivity contribution in [3.05, 3.63) is 66.7 Å². The average molecular weight is 852 g/mol. The maximum absolute atomic E-state index is 14.8. The number of methoxy groups -OCH3 is 1. The molecule has 4 aliphatic rings. The Kier molecular flexibility index (Phi) is 11.7. The Morgan fingerprint density at radius 1 is 1.03 bits per heavy atom. The molecular weight excluding hydrogens is 798 g/mol. The highest BCUT2D eigenvalue weighted by atomic mass is 32.2. The van der Waals surface area contributed by atoms with Gasteiger partial charge in [0.25, 0.3) is 0 Å². The van der Waals surface area contributed by atoms with Crippen molar-refractivity contribution < 1.29 is 46.5 Å². The van der Waals surface area contributed by atoms with Gasteiger partial charge in [-0.1, -0.05) is 63.3 Å². The first kappa shape index (κ1) is 42.6. The van der Waals surface area contributed by atoms with Crippen LogP contribution >= 0.6 is 7.52 Å². The van der Waals surface area contributed by atoms with E-state index in [-0.39, 0.29) is 25.5 Å². The van der Waals surface area contributed by atoms with Gasteiger partial charge in [0.2, 0.25) is 21.8 Å². The van der Waals surface area contributed by atoms with Crippen molar-refractivity contribution in [3.63, 3.8) is 0 Å². The summed E-state index contributed by atoms with van der Waals surface area (Å²) in [5, 5.41) is 3.51. The molecule has 1 saturated heterocycles. The van der Waals surface area contributed by atoms with Gasteiger partial charge < -0.3 is 34.6 Å². The van der Waals surface area contributed by atoms with Crippen LogP contribution in [0.3, 0.4) is 0 Å². The van der Waals surface area contributed by atoms with Crippen LogP contribution in [0.5, 0.6) is 11.5 Å². The van der Waals surface area contributed by atoms with Gasteiger partial charge in [-0.15, -0.1) is 4.49 Å². The van der Waals surface area contributed by atoms with Gasteiger partial charge in [0, 0.05) is 35.4 Å². The Labute approximate surface area is 345 Å². The molecule has 2 heterocycles. The third-order valence-corrected chi connectivity index (χ3v) is 16.8. The summed E-state index contributed by atoms with van der Waals surface area (Å²) in [6.07, 6.45) is 2.22. The molecule has 3 amide bonds. The smallest absolute Gasteiger partial charge is 0.408 e. The Bertz CT molecular complexity index is 2290. The number of nitrogens with one attached hydrogen (secondary N) is 3. The number of carbonyl (C=O) groups excluding carboxylic acids is 3. The number of alkyl carbamates (subject to hydrolysis) is 1. The molecule has 3 unspecified atom stereocenters. The van der Waals surface area contributed by atoms with Crippen LogP contribution < -0.4 is 24.6 Å². The van der Waals surface area contributed by atoms with E-state index < -0.39 is 75.5 Å². The van der Waals surface area contributed by atoms with E-state index in [9.17, 15) is 32.3 Å². The molecule has 4 fully saturated rings. The Balaban J connectivity index is 1.23. The molecule has 6 atom stereocenters. The summed E-state index contributed by atoms with van der Waals surface area (Å²) in [7, 11) is -7.43. The van der Waals surface area contributed by atoms with Gasteiger partial charge in [0.15, 0.2) is 0 Å². The van der Waals surface area contributed by atoms with E-state index in [1.807, 2.05) is 40.9 Å². The largest absolute Gasteiger partial charge is 0.497 e. The summed E-state index contributed by atoms with van der Waals surface area (Å²) in [5.41, 5.74) is 1.68. The minimum atomic E-state index is -4.84. The number of fused-ring (bicyclic) bond motifs is 1. The maximum atomic E-state index is 14.8. The zero-order chi connectivity index (χ0) is 42.5. The Morgan fingerprint density at radius 3 is 2.34 bits per heavy atom. The minimum absolute atomic E-state index is 0.0382. The van der Waals surface area contributed by atoms with E-state index in [0.29, 0.717) is 46.5 Å². The molecule has 4 N–H and O–H groups in total. The molecule has 3 aliphatic carbocycles. The lowest BCUT2D eigenvalue weighted by atomic mass is 9.85. The predicted molar refractivity (Wildman–Crippen MR) is 222 cm³/mol. The predicted octanol–water partition coefficient (Wildman–Crippen LogP) is 6.02. The highest BCUT2D eigenvalue weighted by Crippen LogP contribution is 2.69. The van der Waals surface area contributed by atoms with Crippen molar-refractivity contribution in [1.29, 1.82) is 0 Å². The number of carbonyl (C=O) groups is 3. The summed E-state index contributed by atoms with van der Waals surface area (Å²) in [6.45, 7) is 10.9. The SMILES string of the molecule is C=C(C)[C@@H]1C[C@]1(NC(=O)C1CC(Oc2cc(-c3ccccc3)nc3cc(OC)ccc23)CN1C(=O)[C@@H](NC(=O)OC1CCCC1)C(C)(C)C)P(=O)(O)NS(=O)(=O)C1CC1. The van der Waals surface area contributed by atoms with Crippen LogP contribution in [0.15, 0.2) is 66.7 Å². The van der Waals surface area contributed by atoms with Crippen molar-refractivity contribution in [2.24, 2.45) is 11.3 Å². The second kappa shape index (κ2) is 16.2.